The maximum atomic E-state index is 2.75. The molecule has 44 heavy (non-hydrogen) atoms. The van der Waals surface area contributed by atoms with Gasteiger partial charge in [0.05, 0.1) is 0 Å². The van der Waals surface area contributed by atoms with E-state index >= 15 is 0 Å². The van der Waals surface area contributed by atoms with Crippen molar-refractivity contribution in [2.24, 2.45) is 5.41 Å². The van der Waals surface area contributed by atoms with Gasteiger partial charge < -0.3 is 0 Å². The van der Waals surface area contributed by atoms with E-state index in [1.807, 2.05) is 0 Å². The molecule has 0 N–H and O–H groups in total. The van der Waals surface area contributed by atoms with Crippen molar-refractivity contribution >= 4 is 12.2 Å². The molecule has 1 heteroatoms. The summed E-state index contributed by atoms with van der Waals surface area (Å²) in [7, 11) is 0. The summed E-state index contributed by atoms with van der Waals surface area (Å²) in [4.78, 5) is 0. The fraction of sp³-hybridized carbons (Fsp3) is 0.349. The Kier molecular flexibility index (Phi) is 6.71. The van der Waals surface area contributed by atoms with Gasteiger partial charge in [0.15, 0.2) is 0 Å². The Morgan fingerprint density at radius 2 is 0.886 bits per heavy atom. The van der Waals surface area contributed by atoms with E-state index in [1.165, 1.54) is 44.5 Å². The van der Waals surface area contributed by atoms with Gasteiger partial charge in [-0.2, -0.15) is 0 Å². The molecule has 0 aromatic heterocycles. The number of hydrogen-bond donors (Lipinski definition) is 0. The average Bonchev–Trinajstić information content (AvgIpc) is 3.58. The van der Waals surface area contributed by atoms with Gasteiger partial charge in [-0.25, -0.2) is 0 Å². The van der Waals surface area contributed by atoms with Gasteiger partial charge in [-0.3, -0.25) is 0 Å². The van der Waals surface area contributed by atoms with Gasteiger partial charge in [-0.1, -0.05) is 0 Å². The molecular formula is C43H48Hf. The second-order valence-electron chi connectivity index (χ2n) is 16.8. The van der Waals surface area contributed by atoms with Crippen LogP contribution in [0.4, 0.5) is 0 Å². The summed E-state index contributed by atoms with van der Waals surface area (Å²) in [6.45, 7) is 18.8. The minimum atomic E-state index is -3.05. The molecule has 1 fully saturated rings. The Morgan fingerprint density at radius 1 is 0.523 bits per heavy atom. The van der Waals surface area contributed by atoms with E-state index in [-0.39, 0.29) is 16.2 Å². The molecule has 2 aliphatic carbocycles. The summed E-state index contributed by atoms with van der Waals surface area (Å²) in [6.07, 6.45) is 5.25. The molecule has 3 aliphatic rings. The first-order chi connectivity index (χ1) is 20.6. The van der Waals surface area contributed by atoms with Crippen molar-refractivity contribution in [3.8, 4) is 22.3 Å². The van der Waals surface area contributed by atoms with E-state index in [4.69, 9.17) is 0 Å². The molecule has 1 saturated heterocycles. The van der Waals surface area contributed by atoms with Crippen molar-refractivity contribution in [2.75, 3.05) is 0 Å². The normalized spacial score (nSPS) is 21.1. The summed E-state index contributed by atoms with van der Waals surface area (Å²) in [5, 5.41) is 0. The molecule has 4 aromatic carbocycles. The fourth-order valence-corrected chi connectivity index (χ4v) is 26.3. The topological polar surface area (TPSA) is 0 Å². The van der Waals surface area contributed by atoms with Crippen LogP contribution in [0.25, 0.3) is 34.4 Å². The van der Waals surface area contributed by atoms with Crippen LogP contribution in [0.2, 0.25) is 9.36 Å². The average molecular weight is 743 g/mol. The van der Waals surface area contributed by atoms with Crippen LogP contribution < -0.4 is 0 Å². The van der Waals surface area contributed by atoms with Crippen LogP contribution in [0.5, 0.6) is 0 Å². The predicted octanol–water partition coefficient (Wildman–Crippen LogP) is 12.5. The van der Waals surface area contributed by atoms with Crippen molar-refractivity contribution < 1.29 is 20.0 Å². The summed E-state index contributed by atoms with van der Waals surface area (Å²) in [5.41, 5.74) is 18.1. The number of allylic oxidation sites excluding steroid dienone is 2. The van der Waals surface area contributed by atoms with Crippen LogP contribution in [0.15, 0.2) is 96.1 Å². The zero-order valence-corrected chi connectivity index (χ0v) is 32.0. The molecule has 4 aromatic rings. The molecular weight excluding hydrogens is 695 g/mol. The van der Waals surface area contributed by atoms with Crippen LogP contribution in [0.1, 0.15) is 96.1 Å². The molecule has 0 bridgehead atoms. The van der Waals surface area contributed by atoms with Crippen LogP contribution in [0, 0.1) is 5.41 Å². The molecule has 1 aliphatic heterocycles. The van der Waals surface area contributed by atoms with E-state index in [9.17, 15) is 0 Å². The van der Waals surface area contributed by atoms with Gasteiger partial charge >= 0.3 is 272 Å². The number of fused-ring (bicyclic) bond motifs is 6. The molecule has 1 heterocycles. The molecule has 0 nitrogen and oxygen atoms in total. The fourth-order valence-electron chi connectivity index (χ4n) is 8.63. The van der Waals surface area contributed by atoms with Crippen molar-refractivity contribution in [1.82, 2.24) is 0 Å². The van der Waals surface area contributed by atoms with E-state index in [2.05, 4.69) is 162 Å². The van der Waals surface area contributed by atoms with Crippen LogP contribution >= 0.6 is 0 Å². The van der Waals surface area contributed by atoms with E-state index in [0.29, 0.717) is 7.35 Å². The maximum absolute atomic E-state index is 3.05. The minimum absolute atomic E-state index is 0.0175. The molecule has 2 atom stereocenters. The molecule has 0 radical (unpaired) electrons. The first-order valence-electron chi connectivity index (χ1n) is 16.5. The van der Waals surface area contributed by atoms with E-state index in [0.717, 1.165) is 0 Å². The first kappa shape index (κ1) is 29.9. The van der Waals surface area contributed by atoms with Gasteiger partial charge in [-0.15, -0.1) is 0 Å². The molecule has 2 unspecified atom stereocenters. The predicted molar refractivity (Wildman–Crippen MR) is 188 cm³/mol. The Labute approximate surface area is 270 Å². The molecule has 224 valence electrons. The Bertz CT molecular complexity index is 1710. The van der Waals surface area contributed by atoms with Crippen molar-refractivity contribution in [1.29, 1.82) is 0 Å². The van der Waals surface area contributed by atoms with Crippen molar-refractivity contribution in [3.63, 3.8) is 0 Å². The molecule has 0 saturated carbocycles. The Hall–Kier alpha value is -2.77. The second-order valence-corrected chi connectivity index (χ2v) is 34.0. The monoisotopic (exact) mass is 744 g/mol. The third-order valence-electron chi connectivity index (χ3n) is 11.2. The number of rotatable bonds is 2. The van der Waals surface area contributed by atoms with E-state index < -0.39 is 20.0 Å². The summed E-state index contributed by atoms with van der Waals surface area (Å²) >= 11 is -3.05. The second kappa shape index (κ2) is 9.86. The van der Waals surface area contributed by atoms with Crippen molar-refractivity contribution in [3.05, 3.63) is 129 Å². The standard InChI is InChI=1S/C41H42.2CH3.Hf/c1-39(2,3)31-19-15-27(16-20-31)35-13-9-11-29-23-33(25-37(29)35)41(7,8)34-24-30-12-10-14-36(38(30)26-34)28-17-21-32(22-18-28)40(4,5)6;;;/h9-26H,1-8H3;2*1H3;. The zero-order chi connectivity index (χ0) is 31.4. The third-order valence-corrected chi connectivity index (χ3v) is 26.3. The van der Waals surface area contributed by atoms with Crippen LogP contribution in [-0.2, 0) is 30.8 Å². The Balaban J connectivity index is 1.34. The Morgan fingerprint density at radius 3 is 1.23 bits per heavy atom. The quantitative estimate of drug-likeness (QED) is 0.179. The summed E-state index contributed by atoms with van der Waals surface area (Å²) < 4.78 is 6.70. The number of benzene rings is 4. The van der Waals surface area contributed by atoms with Crippen LogP contribution in [-0.4, -0.2) is 0 Å². The SMILES string of the molecule is CC1(C)C2=Cc3c(-c4ccc(C(C)(C)C)cc4)cccc3[CH]2[Hf]([CH3])([CH3])[CH]2C1=Cc1c(-c3ccc(C(C)(C)C)cc3)cccc12. The summed E-state index contributed by atoms with van der Waals surface area (Å²) in [6, 6.07) is 33.0. The molecule has 7 rings (SSSR count). The van der Waals surface area contributed by atoms with Gasteiger partial charge in [0.2, 0.25) is 0 Å². The van der Waals surface area contributed by atoms with Gasteiger partial charge in [0, 0.05) is 0 Å². The third kappa shape index (κ3) is 4.47. The van der Waals surface area contributed by atoms with E-state index in [1.54, 1.807) is 22.3 Å². The van der Waals surface area contributed by atoms with Gasteiger partial charge in [0.1, 0.15) is 0 Å². The van der Waals surface area contributed by atoms with Crippen molar-refractivity contribution in [2.45, 2.75) is 82.9 Å². The van der Waals surface area contributed by atoms with Crippen LogP contribution in [0.3, 0.4) is 0 Å². The molecule has 0 amide bonds. The molecule has 0 spiro atoms. The first-order valence-corrected chi connectivity index (χ1v) is 27.9. The van der Waals surface area contributed by atoms with Gasteiger partial charge in [-0.05, 0) is 0 Å². The number of hydrogen-bond acceptors (Lipinski definition) is 0. The summed E-state index contributed by atoms with van der Waals surface area (Å²) in [5.74, 6) is 0. The van der Waals surface area contributed by atoms with Gasteiger partial charge in [0.25, 0.3) is 0 Å². The zero-order valence-electron chi connectivity index (χ0n) is 28.4.